The lowest BCUT2D eigenvalue weighted by molar-refractivity contribution is 0.326. The lowest BCUT2D eigenvalue weighted by atomic mass is 10.2. The summed E-state index contributed by atoms with van der Waals surface area (Å²) < 4.78 is 0.930. The Morgan fingerprint density at radius 1 is 1.42 bits per heavy atom. The fourth-order valence-electron chi connectivity index (χ4n) is 2.58. The number of hydrogen-bond acceptors (Lipinski definition) is 5. The monoisotopic (exact) mass is 325 g/mol. The van der Waals surface area contributed by atoms with Crippen LogP contribution in [-0.4, -0.2) is 46.6 Å². The molecule has 1 unspecified atom stereocenters. The van der Waals surface area contributed by atoms with Gasteiger partial charge in [0.15, 0.2) is 0 Å². The van der Waals surface area contributed by atoms with Crippen LogP contribution < -0.4 is 10.6 Å². The van der Waals surface area contributed by atoms with Gasteiger partial charge < -0.3 is 10.6 Å². The maximum atomic E-state index is 4.51. The molecule has 1 aromatic heterocycles. The van der Waals surface area contributed by atoms with Crippen molar-refractivity contribution < 1.29 is 0 Å². The highest BCUT2D eigenvalue weighted by molar-refractivity contribution is 9.10. The Balaban J connectivity index is 1.63. The van der Waals surface area contributed by atoms with Gasteiger partial charge in [-0.15, -0.1) is 0 Å². The molecule has 0 aromatic carbocycles. The number of nitrogens with one attached hydrogen (secondary N) is 2. The van der Waals surface area contributed by atoms with Crippen molar-refractivity contribution in [2.24, 2.45) is 0 Å². The first-order valence-corrected chi connectivity index (χ1v) is 7.82. The second-order valence-corrected chi connectivity index (χ2v) is 6.13. The average Bonchev–Trinajstić information content (AvgIpc) is 3.15. The molecule has 1 saturated carbocycles. The molecule has 3 rings (SSSR count). The van der Waals surface area contributed by atoms with Crippen molar-refractivity contribution in [3.05, 3.63) is 10.7 Å². The number of halogens is 1. The molecule has 0 spiro atoms. The SMILES string of the molecule is CCNc1ncc(Br)c(NC2CCN(C3CC3)C2)n1. The van der Waals surface area contributed by atoms with E-state index in [0.717, 1.165) is 29.4 Å². The van der Waals surface area contributed by atoms with E-state index in [1.54, 1.807) is 6.20 Å². The summed E-state index contributed by atoms with van der Waals surface area (Å²) >= 11 is 3.52. The lowest BCUT2D eigenvalue weighted by Gasteiger charge is -2.17. The van der Waals surface area contributed by atoms with Crippen molar-refractivity contribution in [2.75, 3.05) is 30.3 Å². The third-order valence-corrected chi connectivity index (χ3v) is 4.28. The van der Waals surface area contributed by atoms with Crippen LogP contribution in [0.3, 0.4) is 0 Å². The Morgan fingerprint density at radius 2 is 2.26 bits per heavy atom. The maximum absolute atomic E-state index is 4.51. The third kappa shape index (κ3) is 3.17. The van der Waals surface area contributed by atoms with Gasteiger partial charge >= 0.3 is 0 Å². The molecule has 19 heavy (non-hydrogen) atoms. The smallest absolute Gasteiger partial charge is 0.224 e. The van der Waals surface area contributed by atoms with Crippen molar-refractivity contribution in [1.29, 1.82) is 0 Å². The highest BCUT2D eigenvalue weighted by atomic mass is 79.9. The molecule has 1 saturated heterocycles. The quantitative estimate of drug-likeness (QED) is 0.870. The lowest BCUT2D eigenvalue weighted by Crippen LogP contribution is -2.28. The highest BCUT2D eigenvalue weighted by Crippen LogP contribution is 2.31. The fraction of sp³-hybridized carbons (Fsp3) is 0.692. The summed E-state index contributed by atoms with van der Waals surface area (Å²) in [4.78, 5) is 11.3. The molecule has 2 fully saturated rings. The zero-order valence-electron chi connectivity index (χ0n) is 11.2. The summed E-state index contributed by atoms with van der Waals surface area (Å²) in [5, 5.41) is 6.68. The van der Waals surface area contributed by atoms with Crippen LogP contribution in [0.2, 0.25) is 0 Å². The maximum Gasteiger partial charge on any atom is 0.224 e. The van der Waals surface area contributed by atoms with Gasteiger partial charge in [-0.2, -0.15) is 4.98 Å². The van der Waals surface area contributed by atoms with Crippen molar-refractivity contribution in [1.82, 2.24) is 14.9 Å². The summed E-state index contributed by atoms with van der Waals surface area (Å²) in [6, 6.07) is 1.36. The van der Waals surface area contributed by atoms with E-state index in [1.807, 2.05) is 6.92 Å². The molecule has 0 amide bonds. The number of likely N-dealkylation sites (tertiary alicyclic amines) is 1. The summed E-state index contributed by atoms with van der Waals surface area (Å²) in [6.45, 7) is 5.23. The first kappa shape index (κ1) is 13.1. The van der Waals surface area contributed by atoms with Gasteiger partial charge in [0.05, 0.1) is 4.47 Å². The molecule has 1 aromatic rings. The second kappa shape index (κ2) is 5.63. The van der Waals surface area contributed by atoms with Crippen LogP contribution in [0.1, 0.15) is 26.2 Å². The predicted octanol–water partition coefficient (Wildman–Crippen LogP) is 2.32. The molecule has 2 heterocycles. The second-order valence-electron chi connectivity index (χ2n) is 5.28. The van der Waals surface area contributed by atoms with E-state index in [-0.39, 0.29) is 0 Å². The molecule has 0 radical (unpaired) electrons. The molecule has 2 aliphatic rings. The van der Waals surface area contributed by atoms with Crippen LogP contribution in [-0.2, 0) is 0 Å². The molecule has 2 N–H and O–H groups in total. The minimum atomic E-state index is 0.501. The van der Waals surface area contributed by atoms with E-state index in [1.165, 1.54) is 25.8 Å². The molecule has 1 aliphatic heterocycles. The van der Waals surface area contributed by atoms with Crippen LogP contribution in [0.15, 0.2) is 10.7 Å². The van der Waals surface area contributed by atoms with Crippen LogP contribution in [0.4, 0.5) is 11.8 Å². The summed E-state index contributed by atoms with van der Waals surface area (Å²) in [5.41, 5.74) is 0. The van der Waals surface area contributed by atoms with E-state index >= 15 is 0 Å². The highest BCUT2D eigenvalue weighted by Gasteiger charge is 2.34. The van der Waals surface area contributed by atoms with E-state index < -0.39 is 0 Å². The van der Waals surface area contributed by atoms with Crippen molar-refractivity contribution >= 4 is 27.7 Å². The Bertz CT molecular complexity index is 449. The number of nitrogens with zero attached hydrogens (tertiary/aromatic N) is 3. The van der Waals surface area contributed by atoms with Crippen molar-refractivity contribution in [3.8, 4) is 0 Å². The number of hydrogen-bond donors (Lipinski definition) is 2. The number of aromatic nitrogens is 2. The normalized spacial score (nSPS) is 23.6. The standard InChI is InChI=1S/C13H20BrN5/c1-2-15-13-16-7-11(14)12(18-13)17-9-5-6-19(8-9)10-3-4-10/h7,9-10H,2-6,8H2,1H3,(H2,15,16,17,18). The predicted molar refractivity (Wildman–Crippen MR) is 80.5 cm³/mol. The van der Waals surface area contributed by atoms with E-state index in [4.69, 9.17) is 0 Å². The van der Waals surface area contributed by atoms with Crippen LogP contribution >= 0.6 is 15.9 Å². The van der Waals surface area contributed by atoms with E-state index in [0.29, 0.717) is 12.0 Å². The largest absolute Gasteiger partial charge is 0.365 e. The molecule has 104 valence electrons. The van der Waals surface area contributed by atoms with Gasteiger partial charge in [0.1, 0.15) is 5.82 Å². The molecule has 0 bridgehead atoms. The van der Waals surface area contributed by atoms with Crippen LogP contribution in [0.25, 0.3) is 0 Å². The van der Waals surface area contributed by atoms with Gasteiger partial charge in [-0.3, -0.25) is 4.90 Å². The fourth-order valence-corrected chi connectivity index (χ4v) is 2.89. The van der Waals surface area contributed by atoms with Crippen LogP contribution in [0, 0.1) is 0 Å². The molecule has 6 heteroatoms. The summed E-state index contributed by atoms with van der Waals surface area (Å²) in [5.74, 6) is 1.58. The van der Waals surface area contributed by atoms with Gasteiger partial charge in [0.25, 0.3) is 0 Å². The zero-order valence-corrected chi connectivity index (χ0v) is 12.8. The van der Waals surface area contributed by atoms with E-state index in [2.05, 4.69) is 41.4 Å². The average molecular weight is 326 g/mol. The minimum absolute atomic E-state index is 0.501. The molecule has 1 atom stereocenters. The topological polar surface area (TPSA) is 53.1 Å². The summed E-state index contributed by atoms with van der Waals surface area (Å²) in [7, 11) is 0. The Hall–Kier alpha value is -0.880. The Morgan fingerprint density at radius 3 is 3.00 bits per heavy atom. The van der Waals surface area contributed by atoms with E-state index in [9.17, 15) is 0 Å². The van der Waals surface area contributed by atoms with Crippen molar-refractivity contribution in [2.45, 2.75) is 38.3 Å². The molecule has 1 aliphatic carbocycles. The van der Waals surface area contributed by atoms with Crippen LogP contribution in [0.5, 0.6) is 0 Å². The van der Waals surface area contributed by atoms with Crippen molar-refractivity contribution in [3.63, 3.8) is 0 Å². The molecule has 5 nitrogen and oxygen atoms in total. The Labute approximate surface area is 122 Å². The number of anilines is 2. The van der Waals surface area contributed by atoms with Gasteiger partial charge in [-0.25, -0.2) is 4.98 Å². The third-order valence-electron chi connectivity index (χ3n) is 3.70. The van der Waals surface area contributed by atoms with Gasteiger partial charge in [-0.05, 0) is 42.1 Å². The van der Waals surface area contributed by atoms with Gasteiger partial charge in [0.2, 0.25) is 5.95 Å². The van der Waals surface area contributed by atoms with Gasteiger partial charge in [0, 0.05) is 37.9 Å². The molecular weight excluding hydrogens is 306 g/mol. The zero-order chi connectivity index (χ0) is 13.2. The summed E-state index contributed by atoms with van der Waals surface area (Å²) in [6.07, 6.45) is 5.77. The minimum Gasteiger partial charge on any atom is -0.365 e. The first-order chi connectivity index (χ1) is 9.26. The van der Waals surface area contributed by atoms with Gasteiger partial charge in [-0.1, -0.05) is 0 Å². The Kier molecular flexibility index (Phi) is 3.88. The first-order valence-electron chi connectivity index (χ1n) is 7.03. The molecular formula is C13H20BrN5. The number of rotatable bonds is 5.